The van der Waals surface area contributed by atoms with E-state index in [0.29, 0.717) is 3.79 Å². The second kappa shape index (κ2) is 4.26. The molecular weight excluding hydrogens is 285 g/mol. The maximum Gasteiger partial charge on any atom is 0.405 e. The van der Waals surface area contributed by atoms with Gasteiger partial charge in [-0.15, -0.1) is 11.3 Å². The van der Waals surface area contributed by atoms with Crippen LogP contribution < -0.4 is 5.32 Å². The summed E-state index contributed by atoms with van der Waals surface area (Å²) in [6, 6.07) is 0. The number of carbonyl (C=O) groups excluding carboxylic acids is 1. The van der Waals surface area contributed by atoms with Gasteiger partial charge in [-0.05, 0) is 15.9 Å². The molecule has 0 aliphatic carbocycles. The molecule has 1 heterocycles. The smallest absolute Gasteiger partial charge is 0.341 e. The molecule has 14 heavy (non-hydrogen) atoms. The summed E-state index contributed by atoms with van der Waals surface area (Å²) in [5, 5.41) is 1.72. The number of alkyl halides is 3. The van der Waals surface area contributed by atoms with Gasteiger partial charge in [0.25, 0.3) is 5.91 Å². The van der Waals surface area contributed by atoms with Crippen LogP contribution in [0.5, 0.6) is 0 Å². The summed E-state index contributed by atoms with van der Waals surface area (Å²) >= 11 is 4.02. The summed E-state index contributed by atoms with van der Waals surface area (Å²) in [6.45, 7) is -1.34. The second-order valence-corrected chi connectivity index (χ2v) is 4.68. The van der Waals surface area contributed by atoms with Crippen molar-refractivity contribution in [2.75, 3.05) is 6.54 Å². The molecule has 1 rings (SSSR count). The van der Waals surface area contributed by atoms with E-state index in [9.17, 15) is 18.0 Å². The molecule has 0 atom stereocenters. The van der Waals surface area contributed by atoms with Crippen LogP contribution in [0.15, 0.2) is 9.98 Å². The Balaban J connectivity index is 2.52. The average Bonchev–Trinajstić information content (AvgIpc) is 2.46. The maximum atomic E-state index is 11.7. The van der Waals surface area contributed by atoms with Crippen molar-refractivity contribution in [1.82, 2.24) is 10.3 Å². The first kappa shape index (κ1) is 11.4. The van der Waals surface area contributed by atoms with Crippen molar-refractivity contribution >= 4 is 33.2 Å². The molecule has 0 aliphatic rings. The van der Waals surface area contributed by atoms with Crippen LogP contribution >= 0.6 is 27.3 Å². The quantitative estimate of drug-likeness (QED) is 0.907. The van der Waals surface area contributed by atoms with Gasteiger partial charge in [-0.25, -0.2) is 4.98 Å². The van der Waals surface area contributed by atoms with E-state index in [-0.39, 0.29) is 5.01 Å². The molecule has 78 valence electrons. The van der Waals surface area contributed by atoms with Crippen LogP contribution in [0.1, 0.15) is 9.80 Å². The van der Waals surface area contributed by atoms with Crippen LogP contribution in [-0.2, 0) is 0 Å². The maximum absolute atomic E-state index is 11.7. The lowest BCUT2D eigenvalue weighted by atomic mass is 10.5. The number of thiazole rings is 1. The van der Waals surface area contributed by atoms with E-state index in [0.717, 1.165) is 11.3 Å². The van der Waals surface area contributed by atoms with Gasteiger partial charge in [0.15, 0.2) is 5.01 Å². The summed E-state index contributed by atoms with van der Waals surface area (Å²) < 4.78 is 35.7. The molecule has 1 aromatic heterocycles. The molecule has 0 radical (unpaired) electrons. The zero-order valence-corrected chi connectivity index (χ0v) is 8.96. The molecule has 8 heteroatoms. The molecule has 0 saturated carbocycles. The summed E-state index contributed by atoms with van der Waals surface area (Å²) in [6.07, 6.45) is -3.04. The van der Waals surface area contributed by atoms with Gasteiger partial charge in [-0.3, -0.25) is 4.79 Å². The third-order valence-corrected chi connectivity index (χ3v) is 2.60. The van der Waals surface area contributed by atoms with Gasteiger partial charge >= 0.3 is 6.18 Å². The Hall–Kier alpha value is -0.630. The number of amides is 1. The van der Waals surface area contributed by atoms with Gasteiger partial charge < -0.3 is 5.32 Å². The standard InChI is InChI=1S/C6H4BrF3N2OS/c7-3-1-11-5(14-3)4(13)12-2-6(8,9)10/h1H,2H2,(H,12,13). The first-order valence-corrected chi connectivity index (χ1v) is 4.96. The van der Waals surface area contributed by atoms with Gasteiger partial charge in [0, 0.05) is 0 Å². The second-order valence-electron chi connectivity index (χ2n) is 2.27. The molecule has 1 amide bonds. The van der Waals surface area contributed by atoms with Gasteiger partial charge in [-0.2, -0.15) is 13.2 Å². The molecule has 0 spiro atoms. The molecule has 1 N–H and O–H groups in total. The van der Waals surface area contributed by atoms with Crippen molar-refractivity contribution in [3.8, 4) is 0 Å². The van der Waals surface area contributed by atoms with Crippen molar-refractivity contribution in [1.29, 1.82) is 0 Å². The lowest BCUT2D eigenvalue weighted by molar-refractivity contribution is -0.123. The molecule has 0 aromatic carbocycles. The number of nitrogens with zero attached hydrogens (tertiary/aromatic N) is 1. The molecule has 0 aliphatic heterocycles. The Kier molecular flexibility index (Phi) is 3.48. The van der Waals surface area contributed by atoms with E-state index in [1.165, 1.54) is 6.20 Å². The number of carbonyl (C=O) groups is 1. The van der Waals surface area contributed by atoms with Crippen molar-refractivity contribution < 1.29 is 18.0 Å². The number of hydrogen-bond donors (Lipinski definition) is 1. The molecule has 3 nitrogen and oxygen atoms in total. The molecular formula is C6H4BrF3N2OS. The Bertz CT molecular complexity index is 338. The summed E-state index contributed by atoms with van der Waals surface area (Å²) in [7, 11) is 0. The predicted molar refractivity (Wildman–Crippen MR) is 48.2 cm³/mol. The summed E-state index contributed by atoms with van der Waals surface area (Å²) in [5.74, 6) is -0.821. The SMILES string of the molecule is O=C(NCC(F)(F)F)c1ncc(Br)s1. The molecule has 1 aromatic rings. The number of hydrogen-bond acceptors (Lipinski definition) is 3. The topological polar surface area (TPSA) is 42.0 Å². The Morgan fingerprint density at radius 2 is 2.29 bits per heavy atom. The third kappa shape index (κ3) is 3.62. The number of rotatable bonds is 2. The largest absolute Gasteiger partial charge is 0.405 e. The van der Waals surface area contributed by atoms with Gasteiger partial charge in [-0.1, -0.05) is 0 Å². The molecule has 0 saturated heterocycles. The van der Waals surface area contributed by atoms with Crippen LogP contribution in [0, 0.1) is 0 Å². The highest BCUT2D eigenvalue weighted by Crippen LogP contribution is 2.19. The zero-order valence-electron chi connectivity index (χ0n) is 6.56. The Morgan fingerprint density at radius 3 is 2.71 bits per heavy atom. The van der Waals surface area contributed by atoms with Gasteiger partial charge in [0.05, 0.1) is 9.98 Å². The fraction of sp³-hybridized carbons (Fsp3) is 0.333. The minimum Gasteiger partial charge on any atom is -0.341 e. The van der Waals surface area contributed by atoms with Crippen molar-refractivity contribution in [3.63, 3.8) is 0 Å². The lowest BCUT2D eigenvalue weighted by Gasteiger charge is -2.06. The van der Waals surface area contributed by atoms with Gasteiger partial charge in [0.1, 0.15) is 6.54 Å². The van der Waals surface area contributed by atoms with Crippen LogP contribution in [0.3, 0.4) is 0 Å². The average molecular weight is 289 g/mol. The van der Waals surface area contributed by atoms with E-state index < -0.39 is 18.6 Å². The molecule has 0 bridgehead atoms. The number of halogens is 4. The Labute approximate surface area is 89.5 Å². The van der Waals surface area contributed by atoms with Crippen molar-refractivity contribution in [2.24, 2.45) is 0 Å². The fourth-order valence-corrected chi connectivity index (χ4v) is 1.74. The van der Waals surface area contributed by atoms with Crippen LogP contribution in [0.4, 0.5) is 13.2 Å². The van der Waals surface area contributed by atoms with E-state index in [4.69, 9.17) is 0 Å². The van der Waals surface area contributed by atoms with Crippen molar-refractivity contribution in [3.05, 3.63) is 15.0 Å². The van der Waals surface area contributed by atoms with Crippen LogP contribution in [0.25, 0.3) is 0 Å². The molecule has 0 fully saturated rings. The van der Waals surface area contributed by atoms with Gasteiger partial charge in [0.2, 0.25) is 0 Å². The summed E-state index contributed by atoms with van der Waals surface area (Å²) in [4.78, 5) is 14.6. The first-order chi connectivity index (χ1) is 6.38. The lowest BCUT2D eigenvalue weighted by Crippen LogP contribution is -2.33. The normalized spacial score (nSPS) is 11.4. The minimum absolute atomic E-state index is 0.00104. The monoisotopic (exact) mass is 288 g/mol. The van der Waals surface area contributed by atoms with E-state index >= 15 is 0 Å². The van der Waals surface area contributed by atoms with E-state index in [1.54, 1.807) is 5.32 Å². The fourth-order valence-electron chi connectivity index (χ4n) is 0.616. The highest BCUT2D eigenvalue weighted by molar-refractivity contribution is 9.11. The first-order valence-electron chi connectivity index (χ1n) is 3.35. The van der Waals surface area contributed by atoms with Crippen molar-refractivity contribution in [2.45, 2.75) is 6.18 Å². The molecule has 0 unspecified atom stereocenters. The third-order valence-electron chi connectivity index (χ3n) is 1.12. The number of nitrogens with one attached hydrogen (secondary N) is 1. The Morgan fingerprint density at radius 1 is 1.64 bits per heavy atom. The van der Waals surface area contributed by atoms with Crippen LogP contribution in [-0.4, -0.2) is 23.6 Å². The van der Waals surface area contributed by atoms with E-state index in [2.05, 4.69) is 20.9 Å². The van der Waals surface area contributed by atoms with Crippen LogP contribution in [0.2, 0.25) is 0 Å². The highest BCUT2D eigenvalue weighted by Gasteiger charge is 2.28. The predicted octanol–water partition coefficient (Wildman–Crippen LogP) is 2.20. The highest BCUT2D eigenvalue weighted by atomic mass is 79.9. The minimum atomic E-state index is -4.40. The van der Waals surface area contributed by atoms with E-state index in [1.807, 2.05) is 0 Å². The zero-order chi connectivity index (χ0) is 10.8. The number of aromatic nitrogens is 1. The summed E-state index contributed by atoms with van der Waals surface area (Å²) in [5.41, 5.74) is 0.